The highest BCUT2D eigenvalue weighted by Crippen LogP contribution is 2.45. The van der Waals surface area contributed by atoms with E-state index < -0.39 is 0 Å². The average molecular weight is 765 g/mol. The maximum Gasteiger partial charge on any atom is 0.0553 e. The van der Waals surface area contributed by atoms with E-state index in [1.54, 1.807) is 0 Å². The Morgan fingerprint density at radius 2 is 0.917 bits per heavy atom. The summed E-state index contributed by atoms with van der Waals surface area (Å²) in [7, 11) is 0. The summed E-state index contributed by atoms with van der Waals surface area (Å²) in [5, 5.41) is 4.96. The molecule has 0 bridgehead atoms. The minimum atomic E-state index is 1.08. The van der Waals surface area contributed by atoms with Crippen molar-refractivity contribution in [2.45, 2.75) is 0 Å². The normalized spacial score (nSPS) is 11.3. The van der Waals surface area contributed by atoms with Gasteiger partial charge >= 0.3 is 0 Å². The molecule has 0 saturated heterocycles. The Labute approximate surface area is 350 Å². The highest BCUT2D eigenvalue weighted by Gasteiger charge is 2.21. The summed E-state index contributed by atoms with van der Waals surface area (Å²) in [6.07, 6.45) is 0. The van der Waals surface area contributed by atoms with Crippen LogP contribution in [0.25, 0.3) is 82.8 Å². The van der Waals surface area contributed by atoms with Crippen LogP contribution in [-0.4, -0.2) is 4.57 Å². The summed E-state index contributed by atoms with van der Waals surface area (Å²) in [6, 6.07) is 88.0. The van der Waals surface area contributed by atoms with E-state index in [9.17, 15) is 0 Å². The number of para-hydroxylation sites is 3. The number of nitrogens with zero attached hydrogens (tertiary/aromatic N) is 2. The zero-order valence-electron chi connectivity index (χ0n) is 33.0. The molecular weight excluding hydrogens is 725 g/mol. The Bertz CT molecular complexity index is 3290. The summed E-state index contributed by atoms with van der Waals surface area (Å²) >= 11 is 0. The predicted molar refractivity (Wildman–Crippen MR) is 255 cm³/mol. The largest absolute Gasteiger partial charge is 0.310 e. The third-order valence-electron chi connectivity index (χ3n) is 11.7. The van der Waals surface area contributed by atoms with Gasteiger partial charge in [-0.05, 0) is 116 Å². The number of rotatable bonds is 8. The molecule has 11 aromatic rings. The number of aromatic nitrogens is 1. The molecule has 0 spiro atoms. The van der Waals surface area contributed by atoms with Crippen molar-refractivity contribution >= 4 is 49.6 Å². The van der Waals surface area contributed by atoms with Gasteiger partial charge in [0.25, 0.3) is 0 Å². The van der Waals surface area contributed by atoms with Crippen molar-refractivity contribution < 1.29 is 0 Å². The molecule has 282 valence electrons. The Balaban J connectivity index is 1.13. The molecule has 0 aliphatic rings. The first-order valence-electron chi connectivity index (χ1n) is 20.6. The van der Waals surface area contributed by atoms with E-state index in [0.717, 1.165) is 28.3 Å². The van der Waals surface area contributed by atoms with Gasteiger partial charge in [0.1, 0.15) is 0 Å². The van der Waals surface area contributed by atoms with Crippen LogP contribution in [0, 0.1) is 0 Å². The quantitative estimate of drug-likeness (QED) is 0.150. The van der Waals surface area contributed by atoms with E-state index in [-0.39, 0.29) is 0 Å². The van der Waals surface area contributed by atoms with Crippen LogP contribution in [0.15, 0.2) is 243 Å². The fraction of sp³-hybridized carbons (Fsp3) is 0. The molecule has 0 N–H and O–H groups in total. The van der Waals surface area contributed by atoms with Gasteiger partial charge in [-0.1, -0.05) is 176 Å². The first kappa shape index (κ1) is 35.2. The average Bonchev–Trinajstić information content (AvgIpc) is 3.67. The van der Waals surface area contributed by atoms with Crippen molar-refractivity contribution in [1.29, 1.82) is 0 Å². The highest BCUT2D eigenvalue weighted by atomic mass is 15.1. The molecule has 0 radical (unpaired) electrons. The Kier molecular flexibility index (Phi) is 8.87. The van der Waals surface area contributed by atoms with Gasteiger partial charge in [0.2, 0.25) is 0 Å². The van der Waals surface area contributed by atoms with Crippen molar-refractivity contribution in [2.75, 3.05) is 4.90 Å². The monoisotopic (exact) mass is 764 g/mol. The molecule has 0 aliphatic heterocycles. The van der Waals surface area contributed by atoms with Gasteiger partial charge in [-0.25, -0.2) is 0 Å². The van der Waals surface area contributed by atoms with Crippen LogP contribution in [0.4, 0.5) is 17.1 Å². The fourth-order valence-electron chi connectivity index (χ4n) is 8.92. The molecule has 0 unspecified atom stereocenters. The van der Waals surface area contributed by atoms with E-state index in [1.165, 1.54) is 71.5 Å². The van der Waals surface area contributed by atoms with Gasteiger partial charge in [0, 0.05) is 33.4 Å². The highest BCUT2D eigenvalue weighted by molar-refractivity contribution is 6.17. The molecule has 0 amide bonds. The maximum atomic E-state index is 2.42. The minimum absolute atomic E-state index is 1.08. The van der Waals surface area contributed by atoms with E-state index in [0.29, 0.717) is 0 Å². The standard InChI is InChI=1S/C58H40N2/c1-4-17-41(18-5-1)48-39-54(58-53-28-13-15-30-56(53)60(57(58)40-48)49-24-8-3-9-25-49)47-23-16-26-51(38-47)59(55-29-14-12-27-52(55)44-20-6-2-7-21-44)50-35-33-43(34-36-50)46-32-31-42-19-10-11-22-45(42)37-46/h1-40H. The van der Waals surface area contributed by atoms with Gasteiger partial charge in [0.05, 0.1) is 16.7 Å². The van der Waals surface area contributed by atoms with Crippen LogP contribution in [-0.2, 0) is 0 Å². The molecular formula is C58H40N2. The zero-order chi connectivity index (χ0) is 39.8. The lowest BCUT2D eigenvalue weighted by Gasteiger charge is -2.28. The molecule has 60 heavy (non-hydrogen) atoms. The van der Waals surface area contributed by atoms with Gasteiger partial charge in [-0.2, -0.15) is 0 Å². The molecule has 0 saturated carbocycles. The molecule has 10 aromatic carbocycles. The van der Waals surface area contributed by atoms with Crippen molar-refractivity contribution in [2.24, 2.45) is 0 Å². The molecule has 1 heterocycles. The summed E-state index contributed by atoms with van der Waals surface area (Å²) in [5.74, 6) is 0. The Hall–Kier alpha value is -7.94. The topological polar surface area (TPSA) is 8.17 Å². The van der Waals surface area contributed by atoms with Crippen molar-refractivity contribution in [3.05, 3.63) is 243 Å². The number of benzene rings is 10. The van der Waals surface area contributed by atoms with Crippen LogP contribution in [0.3, 0.4) is 0 Å². The van der Waals surface area contributed by atoms with Gasteiger partial charge in [0.15, 0.2) is 0 Å². The summed E-state index contributed by atoms with van der Waals surface area (Å²) in [6.45, 7) is 0. The minimum Gasteiger partial charge on any atom is -0.310 e. The fourth-order valence-corrected chi connectivity index (χ4v) is 8.92. The number of hydrogen-bond donors (Lipinski definition) is 0. The van der Waals surface area contributed by atoms with Gasteiger partial charge in [-0.3, -0.25) is 0 Å². The second-order valence-electron chi connectivity index (χ2n) is 15.3. The third-order valence-corrected chi connectivity index (χ3v) is 11.7. The lowest BCUT2D eigenvalue weighted by Crippen LogP contribution is -2.11. The van der Waals surface area contributed by atoms with E-state index in [1.807, 2.05) is 0 Å². The van der Waals surface area contributed by atoms with Crippen molar-refractivity contribution in [3.63, 3.8) is 0 Å². The molecule has 1 aromatic heterocycles. The SMILES string of the molecule is c1ccc(-c2cc(-c3cccc(N(c4ccc(-c5ccc6ccccc6c5)cc4)c4ccccc4-c4ccccc4)c3)c3c4ccccc4n(-c4ccccc4)c3c2)cc1. The second kappa shape index (κ2) is 15.1. The Morgan fingerprint density at radius 3 is 1.72 bits per heavy atom. The van der Waals surface area contributed by atoms with Gasteiger partial charge < -0.3 is 9.47 Å². The molecule has 0 aliphatic carbocycles. The smallest absolute Gasteiger partial charge is 0.0553 e. The lowest BCUT2D eigenvalue weighted by atomic mass is 9.93. The summed E-state index contributed by atoms with van der Waals surface area (Å²) in [5.41, 5.74) is 16.2. The molecule has 0 atom stereocenters. The summed E-state index contributed by atoms with van der Waals surface area (Å²) in [4.78, 5) is 2.42. The predicted octanol–water partition coefficient (Wildman–Crippen LogP) is 16.1. The van der Waals surface area contributed by atoms with Crippen LogP contribution < -0.4 is 4.90 Å². The van der Waals surface area contributed by atoms with Crippen LogP contribution >= 0.6 is 0 Å². The molecule has 2 heteroatoms. The molecule has 0 fully saturated rings. The number of fused-ring (bicyclic) bond motifs is 4. The molecule has 2 nitrogen and oxygen atoms in total. The third kappa shape index (κ3) is 6.32. The van der Waals surface area contributed by atoms with Crippen LogP contribution in [0.2, 0.25) is 0 Å². The van der Waals surface area contributed by atoms with E-state index >= 15 is 0 Å². The second-order valence-corrected chi connectivity index (χ2v) is 15.3. The number of anilines is 3. The van der Waals surface area contributed by atoms with E-state index in [4.69, 9.17) is 0 Å². The summed E-state index contributed by atoms with van der Waals surface area (Å²) < 4.78 is 2.42. The first-order valence-corrected chi connectivity index (χ1v) is 20.6. The lowest BCUT2D eigenvalue weighted by molar-refractivity contribution is 1.18. The first-order chi connectivity index (χ1) is 29.8. The van der Waals surface area contributed by atoms with E-state index in [2.05, 4.69) is 252 Å². The van der Waals surface area contributed by atoms with Crippen LogP contribution in [0.5, 0.6) is 0 Å². The van der Waals surface area contributed by atoms with Crippen LogP contribution in [0.1, 0.15) is 0 Å². The van der Waals surface area contributed by atoms with Crippen molar-refractivity contribution in [3.8, 4) is 50.2 Å². The zero-order valence-corrected chi connectivity index (χ0v) is 33.0. The maximum absolute atomic E-state index is 2.42. The molecule has 11 rings (SSSR count). The van der Waals surface area contributed by atoms with Gasteiger partial charge in [-0.15, -0.1) is 0 Å². The van der Waals surface area contributed by atoms with Crippen molar-refractivity contribution in [1.82, 2.24) is 4.57 Å². The Morgan fingerprint density at radius 1 is 0.300 bits per heavy atom. The number of hydrogen-bond acceptors (Lipinski definition) is 1.